The predicted molar refractivity (Wildman–Crippen MR) is 32.1 cm³/mol. The molecular formula is C3H7N2O3P. The summed E-state index contributed by atoms with van der Waals surface area (Å²) >= 11 is 0. The van der Waals surface area contributed by atoms with Crippen LogP contribution < -0.4 is 0 Å². The van der Waals surface area contributed by atoms with Crippen LogP contribution in [0.5, 0.6) is 0 Å². The summed E-state index contributed by atoms with van der Waals surface area (Å²) in [6, 6.07) is 2.47. The van der Waals surface area contributed by atoms with Crippen LogP contribution in [0.2, 0.25) is 0 Å². The first-order valence-corrected chi connectivity index (χ1v) is 4.21. The van der Waals surface area contributed by atoms with E-state index in [1.807, 2.05) is 0 Å². The second-order valence-electron chi connectivity index (χ2n) is 1.19. The molecular weight excluding hydrogens is 143 g/mol. The van der Waals surface area contributed by atoms with Crippen LogP contribution in [-0.4, -0.2) is 21.3 Å². The van der Waals surface area contributed by atoms with E-state index in [1.54, 1.807) is 0 Å². The maximum Gasteiger partial charge on any atom is 0.181 e. The van der Waals surface area contributed by atoms with Gasteiger partial charge in [0.1, 0.15) is 0 Å². The topological polar surface area (TPSA) is 108 Å². The largest absolute Gasteiger partial charge is 0.181 e. The van der Waals surface area contributed by atoms with Gasteiger partial charge in [-0.25, -0.2) is 0 Å². The Labute approximate surface area is 53.0 Å². The third kappa shape index (κ3) is 2430. The summed E-state index contributed by atoms with van der Waals surface area (Å²) in [4.78, 5) is 23.3. The fourth-order valence-electron chi connectivity index (χ4n) is 0. The summed E-state index contributed by atoms with van der Waals surface area (Å²) < 4.78 is 0. The molecule has 0 aromatic heterocycles. The van der Waals surface area contributed by atoms with Crippen LogP contribution in [0.4, 0.5) is 0 Å². The van der Waals surface area contributed by atoms with Gasteiger partial charge in [0, 0.05) is 0 Å². The summed E-state index contributed by atoms with van der Waals surface area (Å²) in [5.41, 5.74) is 0. The molecule has 0 atom stereocenters. The molecule has 52 valence electrons. The molecule has 0 heterocycles. The van der Waals surface area contributed by atoms with Crippen LogP contribution in [-0.2, 0) is 0 Å². The van der Waals surface area contributed by atoms with Crippen LogP contribution >= 0.6 is 7.94 Å². The Morgan fingerprint density at radius 3 is 1.22 bits per heavy atom. The standard InChI is InChI=1S/C2N2.CH7O3P/c3-1-2-4;1-5(2,3)4/h;2-5H,1H3. The molecule has 0 aliphatic carbocycles. The van der Waals surface area contributed by atoms with Crippen molar-refractivity contribution in [2.75, 3.05) is 6.66 Å². The van der Waals surface area contributed by atoms with E-state index in [-0.39, 0.29) is 0 Å². The Morgan fingerprint density at radius 1 is 1.11 bits per heavy atom. The number of hydrogen-bond acceptors (Lipinski definition) is 5. The fourth-order valence-corrected chi connectivity index (χ4v) is 0. The normalized spacial score (nSPS) is 9.56. The third-order valence-corrected chi connectivity index (χ3v) is 0.0500. The fraction of sp³-hybridized carbons (Fsp3) is 0.333. The second-order valence-corrected chi connectivity index (χ2v) is 3.14. The SMILES string of the molecule is C[PH](O)(O)O.N#CC#N. The summed E-state index contributed by atoms with van der Waals surface area (Å²) in [5.74, 6) is 0. The molecule has 6 heteroatoms. The van der Waals surface area contributed by atoms with Crippen molar-refractivity contribution in [1.29, 1.82) is 10.5 Å². The molecule has 3 N–H and O–H groups in total. The van der Waals surface area contributed by atoms with E-state index >= 15 is 0 Å². The monoisotopic (exact) mass is 150 g/mol. The van der Waals surface area contributed by atoms with Gasteiger partial charge in [0.25, 0.3) is 0 Å². The molecule has 0 bridgehead atoms. The molecule has 0 amide bonds. The summed E-state index contributed by atoms with van der Waals surface area (Å²) in [6.07, 6.45) is 0. The molecule has 0 saturated heterocycles. The summed E-state index contributed by atoms with van der Waals surface area (Å²) in [6.45, 7) is 0.993. The Hall–Kier alpha value is -0.710. The van der Waals surface area contributed by atoms with Crippen molar-refractivity contribution in [1.82, 2.24) is 0 Å². The average Bonchev–Trinajstić information content (AvgIpc) is 1.61. The maximum atomic E-state index is 7.77. The third-order valence-electron chi connectivity index (χ3n) is 0.0500. The quantitative estimate of drug-likeness (QED) is 0.388. The van der Waals surface area contributed by atoms with E-state index in [9.17, 15) is 0 Å². The molecule has 0 aliphatic heterocycles. The molecule has 0 aliphatic rings. The van der Waals surface area contributed by atoms with Gasteiger partial charge in [0.2, 0.25) is 0 Å². The predicted octanol–water partition coefficient (Wildman–Crippen LogP) is -0.878. The number of nitriles is 2. The summed E-state index contributed by atoms with van der Waals surface area (Å²) in [7, 11) is -3.61. The number of rotatable bonds is 0. The molecule has 0 fully saturated rings. The maximum absolute atomic E-state index is 7.77. The smallest absolute Gasteiger partial charge is 0.181 e. The van der Waals surface area contributed by atoms with Crippen molar-refractivity contribution in [3.8, 4) is 12.1 Å². The van der Waals surface area contributed by atoms with Crippen molar-refractivity contribution in [3.63, 3.8) is 0 Å². The number of nitrogens with zero attached hydrogens (tertiary/aromatic N) is 2. The van der Waals surface area contributed by atoms with Gasteiger partial charge < -0.3 is 0 Å². The zero-order chi connectivity index (χ0) is 7.91. The Kier molecular flexibility index (Phi) is 6.71. The molecule has 0 aromatic carbocycles. The van der Waals surface area contributed by atoms with Gasteiger partial charge in [-0.3, -0.25) is 0 Å². The van der Waals surface area contributed by atoms with Crippen LogP contribution in [0.1, 0.15) is 0 Å². The second kappa shape index (κ2) is 5.43. The molecule has 0 spiro atoms. The Balaban J connectivity index is 0. The zero-order valence-corrected chi connectivity index (χ0v) is 5.74. The van der Waals surface area contributed by atoms with Crippen molar-refractivity contribution in [2.24, 2.45) is 0 Å². The molecule has 5 nitrogen and oxygen atoms in total. The Morgan fingerprint density at radius 2 is 1.22 bits per heavy atom. The van der Waals surface area contributed by atoms with Crippen LogP contribution in [0.3, 0.4) is 0 Å². The van der Waals surface area contributed by atoms with Crippen LogP contribution in [0, 0.1) is 22.7 Å². The molecule has 9 heavy (non-hydrogen) atoms. The van der Waals surface area contributed by atoms with Crippen molar-refractivity contribution in [3.05, 3.63) is 0 Å². The van der Waals surface area contributed by atoms with Gasteiger partial charge in [0.15, 0.2) is 12.1 Å². The first-order chi connectivity index (χ1) is 3.91. The van der Waals surface area contributed by atoms with Gasteiger partial charge in [-0.15, -0.1) is 0 Å². The van der Waals surface area contributed by atoms with E-state index in [1.165, 1.54) is 12.1 Å². The average molecular weight is 150 g/mol. The van der Waals surface area contributed by atoms with Crippen molar-refractivity contribution in [2.45, 2.75) is 0 Å². The molecule has 0 unspecified atom stereocenters. The van der Waals surface area contributed by atoms with Gasteiger partial charge in [-0.1, -0.05) is 0 Å². The van der Waals surface area contributed by atoms with Gasteiger partial charge in [-0.05, 0) is 0 Å². The Bertz CT molecular complexity index is 121. The zero-order valence-electron chi connectivity index (χ0n) is 4.74. The van der Waals surface area contributed by atoms with E-state index in [4.69, 9.17) is 25.2 Å². The van der Waals surface area contributed by atoms with E-state index in [0.717, 1.165) is 6.66 Å². The minimum Gasteiger partial charge on any atom is -0.181 e. The minimum absolute atomic E-state index is 0.993. The summed E-state index contributed by atoms with van der Waals surface area (Å²) in [5, 5.41) is 14.5. The van der Waals surface area contributed by atoms with E-state index < -0.39 is 7.94 Å². The minimum atomic E-state index is -3.61. The first-order valence-electron chi connectivity index (χ1n) is 1.87. The van der Waals surface area contributed by atoms with Gasteiger partial charge in [0.05, 0.1) is 0 Å². The van der Waals surface area contributed by atoms with Crippen molar-refractivity contribution >= 4 is 7.94 Å². The first kappa shape index (κ1) is 11.1. The van der Waals surface area contributed by atoms with Crippen LogP contribution in [0.25, 0.3) is 0 Å². The molecule has 0 radical (unpaired) electrons. The van der Waals surface area contributed by atoms with Gasteiger partial charge in [-0.2, -0.15) is 10.5 Å². The number of hydrogen-bond donors (Lipinski definition) is 3. The van der Waals surface area contributed by atoms with Crippen LogP contribution in [0.15, 0.2) is 0 Å². The molecule has 0 aromatic rings. The van der Waals surface area contributed by atoms with Gasteiger partial charge >= 0.3 is 29.3 Å². The van der Waals surface area contributed by atoms with E-state index in [2.05, 4.69) is 0 Å². The van der Waals surface area contributed by atoms with E-state index in [0.29, 0.717) is 0 Å². The molecule has 0 rings (SSSR count). The van der Waals surface area contributed by atoms with Crippen molar-refractivity contribution < 1.29 is 14.7 Å². The molecule has 0 saturated carbocycles.